The standard InChI is InChI=1S/C11H10BrFO3S/c1-15-11(14)8-3-2-6-4-7(12)5-9(17-13)10(6)16-8/h4-5,8H,2-3H2,1H3. The first-order chi connectivity index (χ1) is 8.15. The van der Waals surface area contributed by atoms with E-state index in [0.717, 1.165) is 10.0 Å². The number of rotatable bonds is 2. The summed E-state index contributed by atoms with van der Waals surface area (Å²) < 4.78 is 23.7. The molecule has 1 aliphatic rings. The van der Waals surface area contributed by atoms with Gasteiger partial charge < -0.3 is 9.47 Å². The molecule has 0 radical (unpaired) electrons. The van der Waals surface area contributed by atoms with Crippen LogP contribution in [0.3, 0.4) is 0 Å². The molecule has 0 spiro atoms. The Morgan fingerprint density at radius 2 is 2.41 bits per heavy atom. The highest BCUT2D eigenvalue weighted by Crippen LogP contribution is 2.40. The second-order valence-electron chi connectivity index (χ2n) is 3.64. The van der Waals surface area contributed by atoms with Crippen molar-refractivity contribution in [1.29, 1.82) is 0 Å². The molecule has 0 saturated carbocycles. The average molecular weight is 321 g/mol. The van der Waals surface area contributed by atoms with Crippen molar-refractivity contribution in [3.63, 3.8) is 0 Å². The Hall–Kier alpha value is -0.750. The summed E-state index contributed by atoms with van der Waals surface area (Å²) in [5.74, 6) is 0.0238. The van der Waals surface area contributed by atoms with E-state index in [4.69, 9.17) is 4.74 Å². The highest BCUT2D eigenvalue weighted by Gasteiger charge is 2.29. The highest BCUT2D eigenvalue weighted by molar-refractivity contribution is 9.10. The van der Waals surface area contributed by atoms with Gasteiger partial charge >= 0.3 is 5.97 Å². The fourth-order valence-electron chi connectivity index (χ4n) is 1.78. The lowest BCUT2D eigenvalue weighted by atomic mass is 10.0. The molecule has 0 fully saturated rings. The van der Waals surface area contributed by atoms with Crippen LogP contribution in [-0.2, 0) is 16.0 Å². The Labute approximate surface area is 111 Å². The molecule has 17 heavy (non-hydrogen) atoms. The molecule has 6 heteroatoms. The van der Waals surface area contributed by atoms with Crippen LogP contribution in [0.5, 0.6) is 5.75 Å². The number of ether oxygens (including phenoxy) is 2. The van der Waals surface area contributed by atoms with Crippen molar-refractivity contribution < 1.29 is 18.2 Å². The normalized spacial score (nSPS) is 18.2. The van der Waals surface area contributed by atoms with Gasteiger partial charge in [0.1, 0.15) is 5.75 Å². The Morgan fingerprint density at radius 3 is 3.06 bits per heavy atom. The maximum absolute atomic E-state index is 12.8. The van der Waals surface area contributed by atoms with Crippen LogP contribution in [0.4, 0.5) is 3.89 Å². The zero-order valence-corrected chi connectivity index (χ0v) is 11.4. The van der Waals surface area contributed by atoms with Crippen LogP contribution in [0.25, 0.3) is 0 Å². The summed E-state index contributed by atoms with van der Waals surface area (Å²) in [7, 11) is 1.31. The summed E-state index contributed by atoms with van der Waals surface area (Å²) in [4.78, 5) is 11.8. The Bertz CT molecular complexity index is 435. The summed E-state index contributed by atoms with van der Waals surface area (Å²) in [6, 6.07) is 3.51. The number of fused-ring (bicyclic) bond motifs is 1. The number of hydrogen-bond acceptors (Lipinski definition) is 4. The van der Waals surface area contributed by atoms with E-state index in [1.54, 1.807) is 6.07 Å². The monoisotopic (exact) mass is 320 g/mol. The number of aryl methyl sites for hydroxylation is 1. The van der Waals surface area contributed by atoms with Gasteiger partial charge in [0.15, 0.2) is 6.10 Å². The van der Waals surface area contributed by atoms with E-state index in [2.05, 4.69) is 20.7 Å². The van der Waals surface area contributed by atoms with E-state index < -0.39 is 12.1 Å². The molecule has 1 aromatic rings. The predicted molar refractivity (Wildman–Crippen MR) is 65.9 cm³/mol. The van der Waals surface area contributed by atoms with E-state index >= 15 is 0 Å². The number of halogens is 2. The second-order valence-corrected chi connectivity index (χ2v) is 5.15. The van der Waals surface area contributed by atoms with Gasteiger partial charge in [-0.3, -0.25) is 0 Å². The summed E-state index contributed by atoms with van der Waals surface area (Å²) in [5.41, 5.74) is 0.902. The van der Waals surface area contributed by atoms with E-state index in [9.17, 15) is 8.68 Å². The maximum Gasteiger partial charge on any atom is 0.347 e. The summed E-state index contributed by atoms with van der Waals surface area (Å²) in [5, 5.41) is 0. The molecule has 0 N–H and O–H groups in total. The first kappa shape index (κ1) is 12.7. The largest absolute Gasteiger partial charge is 0.477 e. The molecule has 0 aromatic heterocycles. The molecule has 0 amide bonds. The molecule has 0 saturated heterocycles. The minimum absolute atomic E-state index is 0.112. The fraction of sp³-hybridized carbons (Fsp3) is 0.364. The third kappa shape index (κ3) is 2.57. The topological polar surface area (TPSA) is 35.5 Å². The second kappa shape index (κ2) is 5.27. The molecular formula is C11H10BrFO3S. The summed E-state index contributed by atoms with van der Waals surface area (Å²) in [6.07, 6.45) is 0.578. The average Bonchev–Trinajstić information content (AvgIpc) is 2.36. The quantitative estimate of drug-likeness (QED) is 0.783. The van der Waals surface area contributed by atoms with Gasteiger partial charge in [-0.25, -0.2) is 4.79 Å². The van der Waals surface area contributed by atoms with Gasteiger partial charge in [-0.15, -0.1) is 0 Å². The Morgan fingerprint density at radius 1 is 1.65 bits per heavy atom. The highest BCUT2D eigenvalue weighted by atomic mass is 79.9. The summed E-state index contributed by atoms with van der Waals surface area (Å²) >= 11 is 3.42. The van der Waals surface area contributed by atoms with Gasteiger partial charge in [-0.05, 0) is 30.5 Å². The SMILES string of the molecule is COC(=O)C1CCc2cc(Br)cc(SF)c2O1. The van der Waals surface area contributed by atoms with Crippen LogP contribution >= 0.6 is 28.1 Å². The first-order valence-corrected chi connectivity index (χ1v) is 6.52. The van der Waals surface area contributed by atoms with Gasteiger partial charge in [-0.1, -0.05) is 15.9 Å². The molecule has 3 nitrogen and oxygen atoms in total. The van der Waals surface area contributed by atoms with Gasteiger partial charge in [0.25, 0.3) is 0 Å². The van der Waals surface area contributed by atoms with E-state index in [-0.39, 0.29) is 12.1 Å². The molecule has 1 aromatic carbocycles. The van der Waals surface area contributed by atoms with Crippen LogP contribution in [0.1, 0.15) is 12.0 Å². The van der Waals surface area contributed by atoms with Crippen molar-refractivity contribution in [2.45, 2.75) is 23.8 Å². The van der Waals surface area contributed by atoms with Gasteiger partial charge in [0.2, 0.25) is 0 Å². The van der Waals surface area contributed by atoms with Crippen LogP contribution < -0.4 is 4.74 Å². The lowest BCUT2D eigenvalue weighted by Gasteiger charge is -2.25. The smallest absolute Gasteiger partial charge is 0.347 e. The van der Waals surface area contributed by atoms with Crippen molar-refractivity contribution in [3.05, 3.63) is 22.2 Å². The molecular weight excluding hydrogens is 311 g/mol. The molecule has 0 bridgehead atoms. The molecule has 1 atom stereocenters. The van der Waals surface area contributed by atoms with E-state index in [1.807, 2.05) is 6.07 Å². The van der Waals surface area contributed by atoms with Crippen LogP contribution in [-0.4, -0.2) is 19.2 Å². The van der Waals surface area contributed by atoms with E-state index in [0.29, 0.717) is 23.5 Å². The third-order valence-corrected chi connectivity index (χ3v) is 3.51. The van der Waals surface area contributed by atoms with Gasteiger partial charge in [-0.2, -0.15) is 3.89 Å². The number of esters is 1. The summed E-state index contributed by atoms with van der Waals surface area (Å²) in [6.45, 7) is 0. The molecule has 92 valence electrons. The Kier molecular flexibility index (Phi) is 3.93. The minimum atomic E-state index is -0.639. The lowest BCUT2D eigenvalue weighted by molar-refractivity contribution is -0.149. The molecule has 0 aliphatic carbocycles. The maximum atomic E-state index is 12.8. The van der Waals surface area contributed by atoms with Crippen molar-refractivity contribution in [1.82, 2.24) is 0 Å². The van der Waals surface area contributed by atoms with Gasteiger partial charge in [0, 0.05) is 4.47 Å². The van der Waals surface area contributed by atoms with Gasteiger partial charge in [0.05, 0.1) is 24.2 Å². The van der Waals surface area contributed by atoms with Crippen LogP contribution in [0.2, 0.25) is 0 Å². The van der Waals surface area contributed by atoms with Crippen molar-refractivity contribution in [3.8, 4) is 5.75 Å². The third-order valence-electron chi connectivity index (χ3n) is 2.58. The van der Waals surface area contributed by atoms with Crippen molar-refractivity contribution in [2.24, 2.45) is 0 Å². The molecule has 1 aliphatic heterocycles. The number of carbonyl (C=O) groups is 1. The molecule has 2 rings (SSSR count). The predicted octanol–water partition coefficient (Wildman–Crippen LogP) is 3.29. The fourth-order valence-corrected chi connectivity index (χ4v) is 2.86. The lowest BCUT2D eigenvalue weighted by Crippen LogP contribution is -2.32. The minimum Gasteiger partial charge on any atom is -0.477 e. The van der Waals surface area contributed by atoms with Crippen molar-refractivity contribution >= 4 is 34.0 Å². The zero-order chi connectivity index (χ0) is 12.4. The van der Waals surface area contributed by atoms with Crippen molar-refractivity contribution in [2.75, 3.05) is 7.11 Å². The number of benzene rings is 1. The van der Waals surface area contributed by atoms with E-state index in [1.165, 1.54) is 7.11 Å². The number of carbonyl (C=O) groups excluding carboxylic acids is 1. The van der Waals surface area contributed by atoms with Crippen LogP contribution in [0.15, 0.2) is 21.5 Å². The Balaban J connectivity index is 2.33. The number of methoxy groups -OCH3 is 1. The molecule has 1 heterocycles. The zero-order valence-electron chi connectivity index (χ0n) is 9.04. The molecule has 1 unspecified atom stereocenters. The first-order valence-electron chi connectivity index (χ1n) is 5.01. The van der Waals surface area contributed by atoms with Crippen LogP contribution in [0, 0.1) is 0 Å². The number of hydrogen-bond donors (Lipinski definition) is 0.